The molecule has 0 aromatic heterocycles. The fraction of sp³-hybridized carbons (Fsp3) is 0.385. The Bertz CT molecular complexity index is 508. The van der Waals surface area contributed by atoms with Crippen molar-refractivity contribution < 1.29 is 9.59 Å². The van der Waals surface area contributed by atoms with Gasteiger partial charge in [0.1, 0.15) is 0 Å². The SMILES string of the molecule is CNC(=O)NC(=O)C(C)NC(C)c1ccc(Cl)cc1Cl. The standard InChI is InChI=1S/C13H17Cl2N3O2/c1-7(10-5-4-9(14)6-11(10)15)17-8(2)12(19)18-13(20)16-3/h4-8,17H,1-3H3,(H2,16,18,19,20). The summed E-state index contributed by atoms with van der Waals surface area (Å²) in [5.74, 6) is -0.415. The van der Waals surface area contributed by atoms with Crippen LogP contribution < -0.4 is 16.0 Å². The normalized spacial score (nSPS) is 13.4. The van der Waals surface area contributed by atoms with Crippen LogP contribution >= 0.6 is 23.2 Å². The molecular weight excluding hydrogens is 301 g/mol. The average molecular weight is 318 g/mol. The highest BCUT2D eigenvalue weighted by Gasteiger charge is 2.19. The molecule has 0 saturated heterocycles. The van der Waals surface area contributed by atoms with E-state index >= 15 is 0 Å². The van der Waals surface area contributed by atoms with Crippen molar-refractivity contribution in [2.75, 3.05) is 7.05 Å². The van der Waals surface area contributed by atoms with Gasteiger partial charge in [0.2, 0.25) is 5.91 Å². The summed E-state index contributed by atoms with van der Waals surface area (Å²) in [5, 5.41) is 8.66. The van der Waals surface area contributed by atoms with Gasteiger partial charge in [0.15, 0.2) is 0 Å². The quantitative estimate of drug-likeness (QED) is 0.799. The molecule has 2 unspecified atom stereocenters. The van der Waals surface area contributed by atoms with Crippen LogP contribution in [-0.2, 0) is 4.79 Å². The minimum absolute atomic E-state index is 0.162. The van der Waals surface area contributed by atoms with Crippen molar-refractivity contribution in [3.63, 3.8) is 0 Å². The Morgan fingerprint density at radius 3 is 2.40 bits per heavy atom. The van der Waals surface area contributed by atoms with Gasteiger partial charge in [-0.3, -0.25) is 15.4 Å². The van der Waals surface area contributed by atoms with Crippen molar-refractivity contribution in [2.45, 2.75) is 25.9 Å². The smallest absolute Gasteiger partial charge is 0.321 e. The zero-order chi connectivity index (χ0) is 15.3. The summed E-state index contributed by atoms with van der Waals surface area (Å²) in [7, 11) is 1.44. The summed E-state index contributed by atoms with van der Waals surface area (Å²) in [6.45, 7) is 3.54. The molecule has 2 atom stereocenters. The van der Waals surface area contributed by atoms with Gasteiger partial charge < -0.3 is 5.32 Å². The molecule has 5 nitrogen and oxygen atoms in total. The van der Waals surface area contributed by atoms with Crippen LogP contribution in [0.5, 0.6) is 0 Å². The van der Waals surface area contributed by atoms with Crippen molar-refractivity contribution in [1.29, 1.82) is 0 Å². The lowest BCUT2D eigenvalue weighted by molar-refractivity contribution is -0.121. The van der Waals surface area contributed by atoms with Gasteiger partial charge in [0.25, 0.3) is 0 Å². The lowest BCUT2D eigenvalue weighted by Crippen LogP contribution is -2.47. The van der Waals surface area contributed by atoms with Crippen LogP contribution in [0.3, 0.4) is 0 Å². The summed E-state index contributed by atoms with van der Waals surface area (Å²) in [5.41, 5.74) is 0.829. The predicted molar refractivity (Wildman–Crippen MR) is 80.1 cm³/mol. The number of urea groups is 1. The summed E-state index contributed by atoms with van der Waals surface area (Å²) >= 11 is 11.9. The van der Waals surface area contributed by atoms with E-state index in [4.69, 9.17) is 23.2 Å². The Labute approximate surface area is 128 Å². The first-order chi connectivity index (χ1) is 9.35. The number of carbonyl (C=O) groups excluding carboxylic acids is 2. The van der Waals surface area contributed by atoms with Crippen LogP contribution in [0.25, 0.3) is 0 Å². The number of nitrogens with one attached hydrogen (secondary N) is 3. The maximum atomic E-state index is 11.7. The second-order valence-corrected chi connectivity index (χ2v) is 5.19. The average Bonchev–Trinajstić information content (AvgIpc) is 2.37. The summed E-state index contributed by atoms with van der Waals surface area (Å²) in [6, 6.07) is 3.92. The number of imide groups is 1. The summed E-state index contributed by atoms with van der Waals surface area (Å²) in [6.07, 6.45) is 0. The minimum atomic E-state index is -0.547. The largest absolute Gasteiger partial charge is 0.341 e. The molecule has 1 aromatic rings. The highest BCUT2D eigenvalue weighted by molar-refractivity contribution is 6.35. The van der Waals surface area contributed by atoms with E-state index in [0.717, 1.165) is 5.56 Å². The topological polar surface area (TPSA) is 70.2 Å². The molecule has 0 bridgehead atoms. The lowest BCUT2D eigenvalue weighted by Gasteiger charge is -2.20. The fourth-order valence-corrected chi connectivity index (χ4v) is 2.25. The second kappa shape index (κ2) is 7.47. The number of hydrogen-bond donors (Lipinski definition) is 3. The van der Waals surface area contributed by atoms with E-state index in [-0.39, 0.29) is 6.04 Å². The first-order valence-electron chi connectivity index (χ1n) is 6.08. The highest BCUT2D eigenvalue weighted by atomic mass is 35.5. The van der Waals surface area contributed by atoms with Gasteiger partial charge in [-0.1, -0.05) is 29.3 Å². The van der Waals surface area contributed by atoms with Gasteiger partial charge in [-0.05, 0) is 31.5 Å². The summed E-state index contributed by atoms with van der Waals surface area (Å²) in [4.78, 5) is 22.8. The molecule has 1 aromatic carbocycles. The Hall–Kier alpha value is -1.30. The van der Waals surface area contributed by atoms with E-state index in [1.807, 2.05) is 6.92 Å². The monoisotopic (exact) mass is 317 g/mol. The maximum absolute atomic E-state index is 11.7. The first-order valence-corrected chi connectivity index (χ1v) is 6.84. The van der Waals surface area contributed by atoms with Gasteiger partial charge in [0, 0.05) is 23.1 Å². The van der Waals surface area contributed by atoms with E-state index in [0.29, 0.717) is 10.0 Å². The third-order valence-corrected chi connectivity index (χ3v) is 3.35. The molecule has 110 valence electrons. The van der Waals surface area contributed by atoms with E-state index in [1.54, 1.807) is 25.1 Å². The molecule has 0 aliphatic carbocycles. The van der Waals surface area contributed by atoms with Crippen LogP contribution in [-0.4, -0.2) is 25.0 Å². The van der Waals surface area contributed by atoms with Crippen molar-refractivity contribution in [3.05, 3.63) is 33.8 Å². The van der Waals surface area contributed by atoms with Crippen LogP contribution in [0.2, 0.25) is 10.0 Å². The fourth-order valence-electron chi connectivity index (χ4n) is 1.68. The van der Waals surface area contributed by atoms with Gasteiger partial charge in [-0.2, -0.15) is 0 Å². The van der Waals surface area contributed by atoms with E-state index < -0.39 is 18.0 Å². The molecule has 20 heavy (non-hydrogen) atoms. The van der Waals surface area contributed by atoms with E-state index in [9.17, 15) is 9.59 Å². The van der Waals surface area contributed by atoms with Gasteiger partial charge in [0.05, 0.1) is 6.04 Å². The molecule has 1 rings (SSSR count). The van der Waals surface area contributed by atoms with Crippen LogP contribution in [0.15, 0.2) is 18.2 Å². The van der Waals surface area contributed by atoms with Crippen LogP contribution in [0.4, 0.5) is 4.79 Å². The Morgan fingerprint density at radius 2 is 1.85 bits per heavy atom. The zero-order valence-electron chi connectivity index (χ0n) is 11.5. The Kier molecular flexibility index (Phi) is 6.26. The van der Waals surface area contributed by atoms with E-state index in [2.05, 4.69) is 16.0 Å². The number of carbonyl (C=O) groups is 2. The van der Waals surface area contributed by atoms with Crippen LogP contribution in [0, 0.1) is 0 Å². The molecule has 0 aliphatic heterocycles. The number of halogens is 2. The highest BCUT2D eigenvalue weighted by Crippen LogP contribution is 2.26. The first kappa shape index (κ1) is 16.8. The van der Waals surface area contributed by atoms with E-state index in [1.165, 1.54) is 7.05 Å². The molecule has 3 N–H and O–H groups in total. The minimum Gasteiger partial charge on any atom is -0.341 e. The molecular formula is C13H17Cl2N3O2. The third-order valence-electron chi connectivity index (χ3n) is 2.79. The molecule has 0 heterocycles. The Balaban J connectivity index is 2.67. The van der Waals surface area contributed by atoms with Crippen molar-refractivity contribution >= 4 is 35.1 Å². The van der Waals surface area contributed by atoms with Gasteiger partial charge in [-0.25, -0.2) is 4.79 Å². The molecule has 0 saturated carbocycles. The Morgan fingerprint density at radius 1 is 1.20 bits per heavy atom. The molecule has 0 radical (unpaired) electrons. The molecule has 0 fully saturated rings. The summed E-state index contributed by atoms with van der Waals surface area (Å²) < 4.78 is 0. The van der Waals surface area contributed by atoms with Crippen LogP contribution in [0.1, 0.15) is 25.5 Å². The zero-order valence-corrected chi connectivity index (χ0v) is 13.0. The van der Waals surface area contributed by atoms with Crippen molar-refractivity contribution in [1.82, 2.24) is 16.0 Å². The third kappa shape index (κ3) is 4.67. The van der Waals surface area contributed by atoms with Crippen molar-refractivity contribution in [2.24, 2.45) is 0 Å². The van der Waals surface area contributed by atoms with Crippen molar-refractivity contribution in [3.8, 4) is 0 Å². The number of benzene rings is 1. The molecule has 7 heteroatoms. The maximum Gasteiger partial charge on any atom is 0.321 e. The number of rotatable bonds is 4. The number of hydrogen-bond acceptors (Lipinski definition) is 3. The van der Waals surface area contributed by atoms with Gasteiger partial charge in [-0.15, -0.1) is 0 Å². The lowest BCUT2D eigenvalue weighted by atomic mass is 10.1. The predicted octanol–water partition coefficient (Wildman–Crippen LogP) is 2.49. The molecule has 0 spiro atoms. The molecule has 0 aliphatic rings. The second-order valence-electron chi connectivity index (χ2n) is 4.34. The molecule has 3 amide bonds. The number of amides is 3. The van der Waals surface area contributed by atoms with Gasteiger partial charge >= 0.3 is 6.03 Å².